The van der Waals surface area contributed by atoms with Crippen molar-refractivity contribution in [1.82, 2.24) is 4.72 Å². The van der Waals surface area contributed by atoms with Crippen LogP contribution in [0.5, 0.6) is 0 Å². The number of furan rings is 1. The number of nitrogens with one attached hydrogen (secondary N) is 1. The normalized spacial score (nSPS) is 11.9. The van der Waals surface area contributed by atoms with Gasteiger partial charge in [-0.25, -0.2) is 13.1 Å². The lowest BCUT2D eigenvalue weighted by atomic mass is 10.4. The molecule has 0 atom stereocenters. The highest BCUT2D eigenvalue weighted by molar-refractivity contribution is 7.89. The third kappa shape index (κ3) is 2.81. The quantitative estimate of drug-likeness (QED) is 0.876. The first kappa shape index (κ1) is 13.3. The van der Waals surface area contributed by atoms with Gasteiger partial charge in [-0.3, -0.25) is 0 Å². The van der Waals surface area contributed by atoms with Crippen molar-refractivity contribution in [2.24, 2.45) is 0 Å². The maximum atomic E-state index is 12.0. The van der Waals surface area contributed by atoms with E-state index in [0.29, 0.717) is 15.5 Å². The van der Waals surface area contributed by atoms with Gasteiger partial charge < -0.3 is 9.52 Å². The van der Waals surface area contributed by atoms with Crippen molar-refractivity contribution < 1.29 is 17.9 Å². The summed E-state index contributed by atoms with van der Waals surface area (Å²) in [6.45, 7) is 1.67. The van der Waals surface area contributed by atoms with Crippen LogP contribution in [-0.2, 0) is 23.2 Å². The third-order valence-corrected chi connectivity index (χ3v) is 5.08. The fraction of sp³-hybridized carbons (Fsp3) is 0.273. The molecule has 0 radical (unpaired) electrons. The maximum absolute atomic E-state index is 12.0. The first-order valence-corrected chi connectivity index (χ1v) is 7.55. The molecule has 0 unspecified atom stereocenters. The molecule has 0 amide bonds. The van der Waals surface area contributed by atoms with Gasteiger partial charge in [-0.2, -0.15) is 0 Å². The second kappa shape index (κ2) is 5.23. The van der Waals surface area contributed by atoms with Crippen molar-refractivity contribution in [1.29, 1.82) is 0 Å². The molecule has 7 heteroatoms. The van der Waals surface area contributed by atoms with Crippen LogP contribution >= 0.6 is 11.3 Å². The second-order valence-electron chi connectivity index (χ2n) is 3.70. The summed E-state index contributed by atoms with van der Waals surface area (Å²) in [5.41, 5.74) is 0. The summed E-state index contributed by atoms with van der Waals surface area (Å²) < 4.78 is 31.6. The largest absolute Gasteiger partial charge is 0.468 e. The van der Waals surface area contributed by atoms with E-state index in [9.17, 15) is 8.42 Å². The van der Waals surface area contributed by atoms with Crippen LogP contribution < -0.4 is 4.72 Å². The summed E-state index contributed by atoms with van der Waals surface area (Å²) in [4.78, 5) is 1.50. The van der Waals surface area contributed by atoms with Crippen molar-refractivity contribution in [2.75, 3.05) is 0 Å². The predicted octanol–water partition coefficient (Wildman–Crippen LogP) is 1.62. The monoisotopic (exact) mass is 287 g/mol. The molecular weight excluding hydrogens is 274 g/mol. The van der Waals surface area contributed by atoms with Crippen LogP contribution in [0, 0.1) is 6.92 Å². The molecule has 0 aliphatic rings. The van der Waals surface area contributed by atoms with Gasteiger partial charge in [0.2, 0.25) is 10.0 Å². The minimum Gasteiger partial charge on any atom is -0.468 e. The molecule has 0 spiro atoms. The van der Waals surface area contributed by atoms with Crippen LogP contribution in [0.25, 0.3) is 0 Å². The minimum atomic E-state index is -3.57. The molecule has 2 N–H and O–H groups in total. The number of sulfonamides is 1. The summed E-state index contributed by atoms with van der Waals surface area (Å²) in [5, 5.41) is 9.00. The van der Waals surface area contributed by atoms with Gasteiger partial charge in [0.25, 0.3) is 0 Å². The number of hydrogen-bond acceptors (Lipinski definition) is 5. The Morgan fingerprint density at radius 2 is 2.28 bits per heavy atom. The Kier molecular flexibility index (Phi) is 3.86. The van der Waals surface area contributed by atoms with Gasteiger partial charge in [0.15, 0.2) is 0 Å². The van der Waals surface area contributed by atoms with Gasteiger partial charge in [0, 0.05) is 9.75 Å². The molecule has 2 heterocycles. The van der Waals surface area contributed by atoms with E-state index in [1.54, 1.807) is 19.1 Å². The average molecular weight is 287 g/mol. The van der Waals surface area contributed by atoms with E-state index < -0.39 is 10.0 Å². The number of aliphatic hydroxyl groups excluding tert-OH is 1. The highest BCUT2D eigenvalue weighted by Crippen LogP contribution is 2.25. The van der Waals surface area contributed by atoms with Crippen LogP contribution in [0.1, 0.15) is 15.5 Å². The second-order valence-corrected chi connectivity index (χ2v) is 6.77. The number of aryl methyl sites for hydroxylation is 1. The number of rotatable bonds is 5. The number of thiophene rings is 1. The zero-order valence-electron chi connectivity index (χ0n) is 9.71. The zero-order valence-corrected chi connectivity index (χ0v) is 11.3. The molecule has 2 aromatic heterocycles. The van der Waals surface area contributed by atoms with Crippen molar-refractivity contribution in [3.05, 3.63) is 40.0 Å². The van der Waals surface area contributed by atoms with E-state index in [1.165, 1.54) is 23.7 Å². The van der Waals surface area contributed by atoms with Crippen molar-refractivity contribution in [3.8, 4) is 0 Å². The minimum absolute atomic E-state index is 0.110. The van der Waals surface area contributed by atoms with Gasteiger partial charge in [-0.15, -0.1) is 11.3 Å². The fourth-order valence-corrected chi connectivity index (χ4v) is 4.01. The Hall–Kier alpha value is -1.15. The topological polar surface area (TPSA) is 79.5 Å². The van der Waals surface area contributed by atoms with Crippen molar-refractivity contribution >= 4 is 21.4 Å². The molecule has 0 saturated carbocycles. The Bertz CT molecular complexity index is 614. The maximum Gasteiger partial charge on any atom is 0.242 e. The molecule has 2 rings (SSSR count). The highest BCUT2D eigenvalue weighted by atomic mass is 32.2. The fourth-order valence-electron chi connectivity index (χ4n) is 1.53. The van der Waals surface area contributed by atoms with Crippen LogP contribution in [0.15, 0.2) is 33.8 Å². The van der Waals surface area contributed by atoms with Crippen LogP contribution in [0.4, 0.5) is 0 Å². The summed E-state index contributed by atoms with van der Waals surface area (Å²) in [7, 11) is -3.57. The first-order valence-electron chi connectivity index (χ1n) is 5.25. The SMILES string of the molecule is Cc1sc(CO)cc1S(=O)(=O)NCc1ccco1. The van der Waals surface area contributed by atoms with E-state index in [0.717, 1.165) is 0 Å². The molecule has 18 heavy (non-hydrogen) atoms. The summed E-state index contributed by atoms with van der Waals surface area (Å²) in [5.74, 6) is 0.550. The van der Waals surface area contributed by atoms with Crippen molar-refractivity contribution in [2.45, 2.75) is 25.0 Å². The van der Waals surface area contributed by atoms with Crippen molar-refractivity contribution in [3.63, 3.8) is 0 Å². The van der Waals surface area contributed by atoms with E-state index in [1.807, 2.05) is 0 Å². The van der Waals surface area contributed by atoms with Gasteiger partial charge in [0.1, 0.15) is 5.76 Å². The van der Waals surface area contributed by atoms with Gasteiger partial charge in [-0.05, 0) is 25.1 Å². The van der Waals surface area contributed by atoms with Gasteiger partial charge in [0.05, 0.1) is 24.3 Å². The van der Waals surface area contributed by atoms with Crippen LogP contribution in [0.3, 0.4) is 0 Å². The standard InChI is InChI=1S/C11H13NO4S2/c1-8-11(5-10(7-13)17-8)18(14,15)12-6-9-3-2-4-16-9/h2-5,12-13H,6-7H2,1H3. The van der Waals surface area contributed by atoms with Crippen LogP contribution in [-0.4, -0.2) is 13.5 Å². The van der Waals surface area contributed by atoms with Crippen LogP contribution in [0.2, 0.25) is 0 Å². The summed E-state index contributed by atoms with van der Waals surface area (Å²) >= 11 is 1.27. The lowest BCUT2D eigenvalue weighted by Crippen LogP contribution is -2.23. The lowest BCUT2D eigenvalue weighted by molar-refractivity contribution is 0.285. The Labute approximate surface area is 109 Å². The highest BCUT2D eigenvalue weighted by Gasteiger charge is 2.19. The van der Waals surface area contributed by atoms with E-state index in [4.69, 9.17) is 9.52 Å². The van der Waals surface area contributed by atoms with E-state index in [-0.39, 0.29) is 18.0 Å². The number of aliphatic hydroxyl groups is 1. The van der Waals surface area contributed by atoms with E-state index >= 15 is 0 Å². The molecule has 0 aliphatic carbocycles. The molecule has 0 bridgehead atoms. The zero-order chi connectivity index (χ0) is 13.2. The average Bonchev–Trinajstić information content (AvgIpc) is 2.95. The molecular formula is C11H13NO4S2. The molecule has 2 aromatic rings. The molecule has 0 aromatic carbocycles. The molecule has 0 saturated heterocycles. The van der Waals surface area contributed by atoms with E-state index in [2.05, 4.69) is 4.72 Å². The first-order chi connectivity index (χ1) is 8.53. The smallest absolute Gasteiger partial charge is 0.242 e. The molecule has 0 fully saturated rings. The summed E-state index contributed by atoms with van der Waals surface area (Å²) in [6.07, 6.45) is 1.49. The Morgan fingerprint density at radius 3 is 2.83 bits per heavy atom. The van der Waals surface area contributed by atoms with Gasteiger partial charge in [-0.1, -0.05) is 0 Å². The molecule has 98 valence electrons. The Morgan fingerprint density at radius 1 is 1.50 bits per heavy atom. The summed E-state index contributed by atoms with van der Waals surface area (Å²) in [6, 6.07) is 4.88. The lowest BCUT2D eigenvalue weighted by Gasteiger charge is -2.04. The number of hydrogen-bond donors (Lipinski definition) is 2. The molecule has 0 aliphatic heterocycles. The van der Waals surface area contributed by atoms with Gasteiger partial charge >= 0.3 is 0 Å². The Balaban J connectivity index is 2.17. The predicted molar refractivity (Wildman–Crippen MR) is 67.7 cm³/mol. The third-order valence-electron chi connectivity index (χ3n) is 2.39. The molecule has 5 nitrogen and oxygen atoms in total.